The number of hydrogen-bond donors (Lipinski definition) is 1. The molecule has 54 heavy (non-hydrogen) atoms. The van der Waals surface area contributed by atoms with Crippen LogP contribution in [0.25, 0.3) is 0 Å². The Balaban J connectivity index is 0.851. The molecule has 3 aromatic rings. The molecule has 4 aliphatic heterocycles. The molecular formula is C45H50O8P+. The predicted octanol–water partition coefficient (Wildman–Crippen LogP) is 5.57. The molecule has 3 saturated heterocycles. The van der Waals surface area contributed by atoms with Crippen LogP contribution in [0.5, 0.6) is 0 Å². The summed E-state index contributed by atoms with van der Waals surface area (Å²) >= 11 is 0. The van der Waals surface area contributed by atoms with Crippen molar-refractivity contribution in [2.75, 3.05) is 19.4 Å². The highest BCUT2D eigenvalue weighted by atomic mass is 31.2. The molecule has 282 valence electrons. The SMILES string of the molecule is CC(C)[C@]12O[C@H]1[C@@H]1O[C@]13[C@]1(O[C@H]1C[C@H]1C4=C(CC[C@@]13C)C(=O)OC4)[C@]2(O)COC(=O)CCCCC[P+](c1ccccc1)(c1ccccc1)c1ccccc1. The lowest BCUT2D eigenvalue weighted by molar-refractivity contribution is -0.197. The highest BCUT2D eigenvalue weighted by molar-refractivity contribution is 7.95. The van der Waals surface area contributed by atoms with Gasteiger partial charge in [-0.1, -0.05) is 75.4 Å². The van der Waals surface area contributed by atoms with Crippen molar-refractivity contribution < 1.29 is 38.4 Å². The predicted molar refractivity (Wildman–Crippen MR) is 205 cm³/mol. The van der Waals surface area contributed by atoms with Crippen LogP contribution in [0.2, 0.25) is 0 Å². The molecule has 0 unspecified atom stereocenters. The van der Waals surface area contributed by atoms with Gasteiger partial charge < -0.3 is 28.8 Å². The molecule has 5 fully saturated rings. The van der Waals surface area contributed by atoms with Crippen molar-refractivity contribution in [1.29, 1.82) is 0 Å². The molecule has 9 heteroatoms. The van der Waals surface area contributed by atoms with Crippen LogP contribution in [0.3, 0.4) is 0 Å². The van der Waals surface area contributed by atoms with E-state index in [0.29, 0.717) is 25.9 Å². The van der Waals surface area contributed by atoms with Gasteiger partial charge in [-0.2, -0.15) is 0 Å². The molecule has 2 spiro atoms. The number of fused-ring (bicyclic) bond motifs is 4. The van der Waals surface area contributed by atoms with Crippen LogP contribution in [0.1, 0.15) is 65.7 Å². The molecular weight excluding hydrogens is 699 g/mol. The van der Waals surface area contributed by atoms with Gasteiger partial charge >= 0.3 is 11.9 Å². The van der Waals surface area contributed by atoms with Crippen LogP contribution in [0.4, 0.5) is 0 Å². The number of carbonyl (C=O) groups is 2. The summed E-state index contributed by atoms with van der Waals surface area (Å²) < 4.78 is 31.7. The van der Waals surface area contributed by atoms with E-state index in [1.165, 1.54) is 15.9 Å². The number of carbonyl (C=O) groups excluding carboxylic acids is 2. The second-order valence-electron chi connectivity index (χ2n) is 17.3. The quantitative estimate of drug-likeness (QED) is 0.111. The van der Waals surface area contributed by atoms with Crippen LogP contribution < -0.4 is 15.9 Å². The molecule has 3 aliphatic carbocycles. The standard InChI is InChI=1S/C45H50O8P/c1-29(2)43-38(52-43)39-45(53-39)41(3)24-23-33-34(27-49-40(33)47)35(41)26-36-44(45,51-36)42(43,48)28-50-37(46)22-14-7-15-25-54(30-16-8-4-9-17-30,31-18-10-5-11-19-31)32-20-12-6-13-21-32/h4-6,8-13,16-21,29,35-36,38-39,48H,7,14-15,22-28H2,1-3H3/q+1/t35-,36-,38-,39-,41-,42-,43-,44+,45+/m0/s1. The largest absolute Gasteiger partial charge is 0.462 e. The maximum absolute atomic E-state index is 13.6. The monoisotopic (exact) mass is 749 g/mol. The summed E-state index contributed by atoms with van der Waals surface area (Å²) in [6.07, 6.45) is 5.01. The Labute approximate surface area is 317 Å². The number of aliphatic hydroxyl groups is 1. The number of ether oxygens (including phenoxy) is 5. The molecule has 3 aromatic carbocycles. The second-order valence-corrected chi connectivity index (χ2v) is 20.9. The van der Waals surface area contributed by atoms with Crippen molar-refractivity contribution in [3.05, 3.63) is 102 Å². The molecule has 9 atom stereocenters. The zero-order valence-corrected chi connectivity index (χ0v) is 32.3. The van der Waals surface area contributed by atoms with Crippen LogP contribution >= 0.6 is 7.26 Å². The Hall–Kier alpha value is -3.39. The fourth-order valence-electron chi connectivity index (χ4n) is 12.2. The molecule has 2 saturated carbocycles. The molecule has 7 aliphatic rings. The van der Waals surface area contributed by atoms with Crippen molar-refractivity contribution in [1.82, 2.24) is 0 Å². The van der Waals surface area contributed by atoms with Crippen LogP contribution in [-0.4, -0.2) is 77.1 Å². The van der Waals surface area contributed by atoms with Crippen LogP contribution in [0.15, 0.2) is 102 Å². The summed E-state index contributed by atoms with van der Waals surface area (Å²) in [4.78, 5) is 26.1. The Morgan fingerprint density at radius 3 is 2.09 bits per heavy atom. The van der Waals surface area contributed by atoms with Gasteiger partial charge in [-0.25, -0.2) is 4.79 Å². The van der Waals surface area contributed by atoms with E-state index >= 15 is 0 Å². The third-order valence-electron chi connectivity index (χ3n) is 14.8. The summed E-state index contributed by atoms with van der Waals surface area (Å²) in [6.45, 7) is 6.48. The highest BCUT2D eigenvalue weighted by Gasteiger charge is 3.04. The van der Waals surface area contributed by atoms with Crippen LogP contribution in [0, 0.1) is 17.3 Å². The van der Waals surface area contributed by atoms with E-state index in [2.05, 4.69) is 112 Å². The summed E-state index contributed by atoms with van der Waals surface area (Å²) in [5.41, 5.74) is -2.85. The normalized spacial score (nSPS) is 37.9. The number of cyclic esters (lactones) is 1. The fourth-order valence-corrected chi connectivity index (χ4v) is 16.6. The zero-order valence-electron chi connectivity index (χ0n) is 31.4. The van der Waals surface area contributed by atoms with Gasteiger partial charge in [0.05, 0.1) is 12.3 Å². The Kier molecular flexibility index (Phi) is 7.83. The molecule has 0 bridgehead atoms. The van der Waals surface area contributed by atoms with Gasteiger partial charge in [0.2, 0.25) is 0 Å². The first-order valence-electron chi connectivity index (χ1n) is 20.0. The van der Waals surface area contributed by atoms with Crippen molar-refractivity contribution in [2.24, 2.45) is 17.3 Å². The van der Waals surface area contributed by atoms with Crippen molar-refractivity contribution >= 4 is 35.1 Å². The van der Waals surface area contributed by atoms with Gasteiger partial charge in [0.25, 0.3) is 0 Å². The minimum Gasteiger partial charge on any atom is -0.462 e. The van der Waals surface area contributed by atoms with Crippen molar-refractivity contribution in [3.8, 4) is 0 Å². The molecule has 8 nitrogen and oxygen atoms in total. The number of hydrogen-bond acceptors (Lipinski definition) is 8. The average molecular weight is 750 g/mol. The maximum Gasteiger partial charge on any atom is 0.334 e. The lowest BCUT2D eigenvalue weighted by atomic mass is 9.44. The third kappa shape index (κ3) is 4.33. The van der Waals surface area contributed by atoms with E-state index < -0.39 is 29.7 Å². The maximum atomic E-state index is 13.6. The van der Waals surface area contributed by atoms with Gasteiger partial charge in [0.1, 0.15) is 59.8 Å². The zero-order chi connectivity index (χ0) is 37.1. The lowest BCUT2D eigenvalue weighted by Gasteiger charge is -2.56. The third-order valence-corrected chi connectivity index (χ3v) is 19.3. The lowest BCUT2D eigenvalue weighted by Crippen LogP contribution is -2.76. The van der Waals surface area contributed by atoms with Gasteiger partial charge in [0, 0.05) is 17.4 Å². The highest BCUT2D eigenvalue weighted by Crippen LogP contribution is 2.85. The summed E-state index contributed by atoms with van der Waals surface area (Å²) in [7, 11) is -1.94. The molecule has 10 rings (SSSR count). The summed E-state index contributed by atoms with van der Waals surface area (Å²) in [5, 5.41) is 17.2. The first kappa shape index (κ1) is 35.1. The van der Waals surface area contributed by atoms with Gasteiger partial charge in [0.15, 0.2) is 11.2 Å². The number of esters is 2. The van der Waals surface area contributed by atoms with Crippen LogP contribution in [-0.2, 0) is 33.3 Å². The molecule has 0 radical (unpaired) electrons. The number of rotatable bonds is 12. The first-order valence-corrected chi connectivity index (χ1v) is 21.9. The number of benzene rings is 3. The fraction of sp³-hybridized carbons (Fsp3) is 0.511. The van der Waals surface area contributed by atoms with Crippen molar-refractivity contribution in [2.45, 2.75) is 106 Å². The molecule has 0 aromatic heterocycles. The summed E-state index contributed by atoms with van der Waals surface area (Å²) in [5.74, 6) is -0.512. The average Bonchev–Trinajstić information content (AvgIpc) is 4.12. The topological polar surface area (TPSA) is 110 Å². The first-order chi connectivity index (χ1) is 26.1. The molecule has 4 heterocycles. The van der Waals surface area contributed by atoms with E-state index in [0.717, 1.165) is 36.6 Å². The Morgan fingerprint density at radius 1 is 0.852 bits per heavy atom. The second kappa shape index (κ2) is 12.1. The number of unbranched alkanes of at least 4 members (excludes halogenated alkanes) is 2. The van der Waals surface area contributed by atoms with E-state index in [-0.39, 0.29) is 60.5 Å². The van der Waals surface area contributed by atoms with E-state index in [1.807, 2.05) is 0 Å². The van der Waals surface area contributed by atoms with Gasteiger partial charge in [-0.05, 0) is 92.3 Å². The minimum absolute atomic E-state index is 0.0536. The van der Waals surface area contributed by atoms with E-state index in [9.17, 15) is 14.7 Å². The minimum atomic E-state index is -1.94. The van der Waals surface area contributed by atoms with Gasteiger partial charge in [-0.3, -0.25) is 4.79 Å². The molecule has 1 N–H and O–H groups in total. The number of epoxide rings is 3. The molecule has 0 amide bonds. The van der Waals surface area contributed by atoms with Gasteiger partial charge in [-0.15, -0.1) is 0 Å². The summed E-state index contributed by atoms with van der Waals surface area (Å²) in [6, 6.07) is 32.7. The smallest absolute Gasteiger partial charge is 0.334 e. The Bertz CT molecular complexity index is 1920. The van der Waals surface area contributed by atoms with E-state index in [4.69, 9.17) is 23.7 Å². The Morgan fingerprint density at radius 2 is 1.48 bits per heavy atom. The van der Waals surface area contributed by atoms with Crippen molar-refractivity contribution in [3.63, 3.8) is 0 Å². The van der Waals surface area contributed by atoms with E-state index in [1.54, 1.807) is 0 Å².